The topological polar surface area (TPSA) is 72.8 Å². The fourth-order valence-corrected chi connectivity index (χ4v) is 1.13. The monoisotopic (exact) mass is 174 g/mol. The number of rotatable bonds is 2. The number of ether oxygens (including phenoxy) is 2. The van der Waals surface area contributed by atoms with Crippen molar-refractivity contribution in [2.24, 2.45) is 5.92 Å². The average Bonchev–Trinajstić information content (AvgIpc) is 2.51. The summed E-state index contributed by atoms with van der Waals surface area (Å²) in [6.07, 6.45) is -0.642. The molecule has 0 aromatic heterocycles. The van der Waals surface area contributed by atoms with Crippen LogP contribution in [0.15, 0.2) is 0 Å². The van der Waals surface area contributed by atoms with E-state index in [9.17, 15) is 9.59 Å². The molecule has 0 aromatic carbocycles. The predicted molar refractivity (Wildman–Crippen MR) is 37.5 cm³/mol. The highest BCUT2D eigenvalue weighted by Crippen LogP contribution is 2.20. The number of carbonyl (C=O) groups is 2. The SMILES string of the molecule is COC(=O)[C@H]1CO[C@H](C(=O)O)C1. The molecule has 1 fully saturated rings. The normalized spacial score (nSPS) is 28.4. The maximum atomic E-state index is 10.9. The van der Waals surface area contributed by atoms with E-state index in [1.165, 1.54) is 7.11 Å². The highest BCUT2D eigenvalue weighted by molar-refractivity contribution is 5.77. The summed E-state index contributed by atoms with van der Waals surface area (Å²) >= 11 is 0. The van der Waals surface area contributed by atoms with Gasteiger partial charge in [-0.15, -0.1) is 0 Å². The van der Waals surface area contributed by atoms with Gasteiger partial charge in [0.1, 0.15) is 0 Å². The quantitative estimate of drug-likeness (QED) is 0.579. The average molecular weight is 174 g/mol. The third-order valence-electron chi connectivity index (χ3n) is 1.81. The minimum Gasteiger partial charge on any atom is -0.479 e. The molecule has 0 radical (unpaired) electrons. The van der Waals surface area contributed by atoms with E-state index in [0.29, 0.717) is 0 Å². The molecule has 0 unspecified atom stereocenters. The van der Waals surface area contributed by atoms with Gasteiger partial charge >= 0.3 is 11.9 Å². The Kier molecular flexibility index (Phi) is 2.65. The first-order valence-electron chi connectivity index (χ1n) is 3.57. The first-order valence-corrected chi connectivity index (χ1v) is 3.57. The van der Waals surface area contributed by atoms with Crippen molar-refractivity contribution in [1.82, 2.24) is 0 Å². The van der Waals surface area contributed by atoms with E-state index in [2.05, 4.69) is 4.74 Å². The van der Waals surface area contributed by atoms with Gasteiger partial charge in [-0.2, -0.15) is 0 Å². The van der Waals surface area contributed by atoms with Crippen molar-refractivity contribution >= 4 is 11.9 Å². The second-order valence-electron chi connectivity index (χ2n) is 2.62. The van der Waals surface area contributed by atoms with Gasteiger partial charge in [-0.1, -0.05) is 0 Å². The van der Waals surface area contributed by atoms with E-state index in [0.717, 1.165) is 0 Å². The molecule has 1 aliphatic heterocycles. The Balaban J connectivity index is 2.45. The van der Waals surface area contributed by atoms with Crippen LogP contribution in [0.1, 0.15) is 6.42 Å². The van der Waals surface area contributed by atoms with Crippen LogP contribution in [-0.4, -0.2) is 36.9 Å². The van der Waals surface area contributed by atoms with E-state index >= 15 is 0 Å². The van der Waals surface area contributed by atoms with Gasteiger partial charge in [0.25, 0.3) is 0 Å². The molecule has 1 aliphatic rings. The van der Waals surface area contributed by atoms with E-state index in [4.69, 9.17) is 9.84 Å². The second-order valence-corrected chi connectivity index (χ2v) is 2.62. The van der Waals surface area contributed by atoms with Gasteiger partial charge in [-0.3, -0.25) is 4.79 Å². The van der Waals surface area contributed by atoms with Crippen LogP contribution in [0, 0.1) is 5.92 Å². The van der Waals surface area contributed by atoms with Gasteiger partial charge < -0.3 is 14.6 Å². The Morgan fingerprint density at radius 3 is 2.67 bits per heavy atom. The van der Waals surface area contributed by atoms with Crippen LogP contribution in [0.4, 0.5) is 0 Å². The van der Waals surface area contributed by atoms with Crippen molar-refractivity contribution in [3.8, 4) is 0 Å². The molecule has 1 N–H and O–H groups in total. The van der Waals surface area contributed by atoms with Crippen LogP contribution in [0.25, 0.3) is 0 Å². The first-order chi connectivity index (χ1) is 5.65. The van der Waals surface area contributed by atoms with E-state index in [1.54, 1.807) is 0 Å². The van der Waals surface area contributed by atoms with E-state index in [-0.39, 0.29) is 13.0 Å². The zero-order valence-corrected chi connectivity index (χ0v) is 6.65. The number of carboxylic acid groups (broad SMARTS) is 1. The summed E-state index contributed by atoms with van der Waals surface area (Å²) in [5.74, 6) is -1.85. The Labute approximate surface area is 69.3 Å². The molecule has 2 atom stereocenters. The van der Waals surface area contributed by atoms with Gasteiger partial charge in [-0.05, 0) is 6.42 Å². The molecule has 5 nitrogen and oxygen atoms in total. The molecule has 0 aromatic rings. The Hall–Kier alpha value is -1.10. The van der Waals surface area contributed by atoms with Crippen LogP contribution in [-0.2, 0) is 19.1 Å². The number of methoxy groups -OCH3 is 1. The number of aliphatic carboxylic acids is 1. The highest BCUT2D eigenvalue weighted by atomic mass is 16.5. The van der Waals surface area contributed by atoms with Crippen LogP contribution in [0.5, 0.6) is 0 Å². The molecule has 0 amide bonds. The predicted octanol–water partition coefficient (Wildman–Crippen LogP) is -0.351. The first kappa shape index (κ1) is 8.99. The van der Waals surface area contributed by atoms with Gasteiger partial charge in [0, 0.05) is 0 Å². The van der Waals surface area contributed by atoms with Crippen LogP contribution in [0.3, 0.4) is 0 Å². The fourth-order valence-electron chi connectivity index (χ4n) is 1.13. The second kappa shape index (κ2) is 3.53. The summed E-state index contributed by atoms with van der Waals surface area (Å²) in [5, 5.41) is 8.51. The van der Waals surface area contributed by atoms with Crippen molar-refractivity contribution in [2.75, 3.05) is 13.7 Å². The molecule has 0 aliphatic carbocycles. The number of carbonyl (C=O) groups excluding carboxylic acids is 1. The largest absolute Gasteiger partial charge is 0.479 e. The van der Waals surface area contributed by atoms with Crippen molar-refractivity contribution in [1.29, 1.82) is 0 Å². The molecule has 0 saturated carbocycles. The number of hydrogen-bond acceptors (Lipinski definition) is 4. The highest BCUT2D eigenvalue weighted by Gasteiger charge is 2.35. The molecule has 0 spiro atoms. The Bertz CT molecular complexity index is 200. The molecule has 68 valence electrons. The van der Waals surface area contributed by atoms with Crippen LogP contribution < -0.4 is 0 Å². The lowest BCUT2D eigenvalue weighted by Crippen LogP contribution is -2.20. The lowest BCUT2D eigenvalue weighted by Gasteiger charge is -2.02. The maximum absolute atomic E-state index is 10.9. The zero-order valence-electron chi connectivity index (χ0n) is 6.65. The molecule has 1 heterocycles. The maximum Gasteiger partial charge on any atom is 0.332 e. The zero-order chi connectivity index (χ0) is 9.14. The molecule has 12 heavy (non-hydrogen) atoms. The molecule has 0 bridgehead atoms. The number of carboxylic acids is 1. The van der Waals surface area contributed by atoms with Crippen molar-refractivity contribution in [3.63, 3.8) is 0 Å². The van der Waals surface area contributed by atoms with Crippen molar-refractivity contribution in [3.05, 3.63) is 0 Å². The molecule has 1 saturated heterocycles. The molecular weight excluding hydrogens is 164 g/mol. The number of esters is 1. The minimum atomic E-state index is -1.03. The third kappa shape index (κ3) is 1.73. The lowest BCUT2D eigenvalue weighted by atomic mass is 10.1. The molecular formula is C7H10O5. The van der Waals surface area contributed by atoms with Gasteiger partial charge in [-0.25, -0.2) is 4.79 Å². The fraction of sp³-hybridized carbons (Fsp3) is 0.714. The molecule has 5 heteroatoms. The summed E-state index contributed by atoms with van der Waals surface area (Å²) in [4.78, 5) is 21.3. The standard InChI is InChI=1S/C7H10O5/c1-11-7(10)4-2-5(6(8)9)12-3-4/h4-5H,2-3H2,1H3,(H,8,9)/t4-,5+/m1/s1. The van der Waals surface area contributed by atoms with E-state index < -0.39 is 24.0 Å². The lowest BCUT2D eigenvalue weighted by molar-refractivity contribution is -0.147. The summed E-state index contributed by atoms with van der Waals surface area (Å²) in [5.41, 5.74) is 0. The van der Waals surface area contributed by atoms with Crippen molar-refractivity contribution < 1.29 is 24.2 Å². The minimum absolute atomic E-state index is 0.143. The Morgan fingerprint density at radius 2 is 2.25 bits per heavy atom. The smallest absolute Gasteiger partial charge is 0.332 e. The summed E-state index contributed by atoms with van der Waals surface area (Å²) < 4.78 is 9.30. The summed E-state index contributed by atoms with van der Waals surface area (Å²) in [6, 6.07) is 0. The summed E-state index contributed by atoms with van der Waals surface area (Å²) in [7, 11) is 1.27. The molecule has 1 rings (SSSR count). The van der Waals surface area contributed by atoms with Crippen molar-refractivity contribution in [2.45, 2.75) is 12.5 Å². The van der Waals surface area contributed by atoms with Gasteiger partial charge in [0.2, 0.25) is 0 Å². The van der Waals surface area contributed by atoms with Gasteiger partial charge in [0.05, 0.1) is 19.6 Å². The van der Waals surface area contributed by atoms with E-state index in [1.807, 2.05) is 0 Å². The van der Waals surface area contributed by atoms with Gasteiger partial charge in [0.15, 0.2) is 6.10 Å². The summed E-state index contributed by atoms with van der Waals surface area (Å²) in [6.45, 7) is 0.143. The number of hydrogen-bond donors (Lipinski definition) is 1. The Morgan fingerprint density at radius 1 is 1.58 bits per heavy atom. The third-order valence-corrected chi connectivity index (χ3v) is 1.81. The van der Waals surface area contributed by atoms with Crippen LogP contribution in [0.2, 0.25) is 0 Å². The van der Waals surface area contributed by atoms with Crippen LogP contribution >= 0.6 is 0 Å².